The monoisotopic (exact) mass is 260 g/mol. The van der Waals surface area contributed by atoms with Crippen LogP contribution in [-0.4, -0.2) is 18.3 Å². The Morgan fingerprint density at radius 2 is 2.00 bits per heavy atom. The van der Waals surface area contributed by atoms with Gasteiger partial charge in [-0.2, -0.15) is 18.2 Å². The molecule has 3 N–H and O–H groups in total. The van der Waals surface area contributed by atoms with Crippen LogP contribution < -0.4 is 11.1 Å². The van der Waals surface area contributed by atoms with Crippen molar-refractivity contribution in [1.82, 2.24) is 0 Å². The van der Waals surface area contributed by atoms with Gasteiger partial charge in [0.25, 0.3) is 0 Å². The van der Waals surface area contributed by atoms with E-state index in [9.17, 15) is 17.6 Å². The summed E-state index contributed by atoms with van der Waals surface area (Å²) < 4.78 is 50.7. The van der Waals surface area contributed by atoms with Gasteiger partial charge in [0.05, 0.1) is 11.3 Å². The number of benzene rings is 1. The first-order valence-electron chi connectivity index (χ1n) is 4.87. The number of alkyl halides is 3. The second kappa shape index (κ2) is 4.28. The standard InChI is InChI=1S/C10H8F4N4/c11-6-2-1-5(10(12,13)14)3-7(6)17-9-16-4-8(15)18-9/h1-3H,4H2,(H3,15,16,17,18). The molecule has 96 valence electrons. The number of guanidine groups is 1. The van der Waals surface area contributed by atoms with Crippen LogP contribution in [0.25, 0.3) is 0 Å². The molecule has 2 rings (SSSR count). The molecule has 0 fully saturated rings. The molecule has 18 heavy (non-hydrogen) atoms. The van der Waals surface area contributed by atoms with Gasteiger partial charge < -0.3 is 11.1 Å². The molecule has 0 atom stereocenters. The van der Waals surface area contributed by atoms with E-state index in [4.69, 9.17) is 5.73 Å². The van der Waals surface area contributed by atoms with Crippen molar-refractivity contribution in [2.24, 2.45) is 15.7 Å². The first-order valence-corrected chi connectivity index (χ1v) is 4.87. The Morgan fingerprint density at radius 1 is 1.28 bits per heavy atom. The van der Waals surface area contributed by atoms with Crippen LogP contribution in [0.1, 0.15) is 5.56 Å². The zero-order valence-corrected chi connectivity index (χ0v) is 8.92. The molecular formula is C10H8F4N4. The number of hydrogen-bond donors (Lipinski definition) is 2. The van der Waals surface area contributed by atoms with E-state index < -0.39 is 17.6 Å². The average molecular weight is 260 g/mol. The van der Waals surface area contributed by atoms with Gasteiger partial charge >= 0.3 is 6.18 Å². The molecule has 0 aromatic heterocycles. The van der Waals surface area contributed by atoms with E-state index in [1.807, 2.05) is 0 Å². The minimum absolute atomic E-state index is 0.00859. The lowest BCUT2D eigenvalue weighted by atomic mass is 10.2. The third-order valence-corrected chi connectivity index (χ3v) is 2.18. The molecule has 4 nitrogen and oxygen atoms in total. The van der Waals surface area contributed by atoms with Crippen molar-refractivity contribution >= 4 is 17.5 Å². The predicted octanol–water partition coefficient (Wildman–Crippen LogP) is 1.98. The van der Waals surface area contributed by atoms with Gasteiger partial charge in [-0.25, -0.2) is 9.38 Å². The van der Waals surface area contributed by atoms with Crippen molar-refractivity contribution in [3.63, 3.8) is 0 Å². The molecule has 1 heterocycles. The van der Waals surface area contributed by atoms with E-state index in [0.29, 0.717) is 12.1 Å². The lowest BCUT2D eigenvalue weighted by Crippen LogP contribution is -2.13. The van der Waals surface area contributed by atoms with Crippen LogP contribution in [0.3, 0.4) is 0 Å². The minimum Gasteiger partial charge on any atom is -0.385 e. The van der Waals surface area contributed by atoms with Crippen LogP contribution in [0.2, 0.25) is 0 Å². The number of anilines is 1. The van der Waals surface area contributed by atoms with Crippen LogP contribution in [0.4, 0.5) is 23.2 Å². The van der Waals surface area contributed by atoms with Gasteiger partial charge in [0.2, 0.25) is 5.96 Å². The van der Waals surface area contributed by atoms with Gasteiger partial charge in [0.1, 0.15) is 18.2 Å². The summed E-state index contributed by atoms with van der Waals surface area (Å²) in [5, 5.41) is 2.36. The van der Waals surface area contributed by atoms with Crippen molar-refractivity contribution in [1.29, 1.82) is 0 Å². The predicted molar refractivity (Wildman–Crippen MR) is 58.9 cm³/mol. The number of nitrogens with two attached hydrogens (primary N) is 1. The minimum atomic E-state index is -4.54. The van der Waals surface area contributed by atoms with Gasteiger partial charge in [0, 0.05) is 0 Å². The molecule has 1 aromatic carbocycles. The maximum absolute atomic E-state index is 13.3. The molecule has 0 amide bonds. The number of rotatable bonds is 1. The fraction of sp³-hybridized carbons (Fsp3) is 0.200. The number of amidine groups is 1. The topological polar surface area (TPSA) is 62.8 Å². The highest BCUT2D eigenvalue weighted by Gasteiger charge is 2.31. The van der Waals surface area contributed by atoms with Crippen molar-refractivity contribution in [3.8, 4) is 0 Å². The smallest absolute Gasteiger partial charge is 0.385 e. The molecule has 1 aromatic rings. The maximum Gasteiger partial charge on any atom is 0.416 e. The Hall–Kier alpha value is -2.12. The van der Waals surface area contributed by atoms with E-state index in [0.717, 1.165) is 6.07 Å². The first kappa shape index (κ1) is 12.3. The molecule has 8 heteroatoms. The van der Waals surface area contributed by atoms with Crippen LogP contribution in [0.15, 0.2) is 28.2 Å². The van der Waals surface area contributed by atoms with E-state index in [2.05, 4.69) is 15.3 Å². The summed E-state index contributed by atoms with van der Waals surface area (Å²) in [5.41, 5.74) is 4.04. The van der Waals surface area contributed by atoms with Crippen molar-refractivity contribution in [2.75, 3.05) is 11.9 Å². The summed E-state index contributed by atoms with van der Waals surface area (Å²) in [6.07, 6.45) is -4.54. The summed E-state index contributed by atoms with van der Waals surface area (Å²) >= 11 is 0. The number of nitrogens with zero attached hydrogens (tertiary/aromatic N) is 2. The van der Waals surface area contributed by atoms with Crippen LogP contribution in [-0.2, 0) is 6.18 Å². The molecule has 0 spiro atoms. The third kappa shape index (κ3) is 2.58. The van der Waals surface area contributed by atoms with E-state index in [-0.39, 0.29) is 24.0 Å². The summed E-state index contributed by atoms with van der Waals surface area (Å²) in [5.74, 6) is -0.623. The van der Waals surface area contributed by atoms with Crippen molar-refractivity contribution < 1.29 is 17.6 Å². The average Bonchev–Trinajstić information content (AvgIpc) is 2.66. The number of halogens is 4. The molecule has 0 bridgehead atoms. The molecule has 0 radical (unpaired) electrons. The molecular weight excluding hydrogens is 252 g/mol. The summed E-state index contributed by atoms with van der Waals surface area (Å²) in [4.78, 5) is 7.48. The summed E-state index contributed by atoms with van der Waals surface area (Å²) in [7, 11) is 0. The summed E-state index contributed by atoms with van der Waals surface area (Å²) in [6.45, 7) is 0.142. The molecule has 0 aliphatic carbocycles. The van der Waals surface area contributed by atoms with Gasteiger partial charge in [-0.3, -0.25) is 0 Å². The molecule has 0 saturated heterocycles. The SMILES string of the molecule is NC1=NC(Nc2cc(C(F)(F)F)ccc2F)=NC1. The molecule has 1 aliphatic heterocycles. The third-order valence-electron chi connectivity index (χ3n) is 2.18. The highest BCUT2D eigenvalue weighted by molar-refractivity contribution is 6.07. The number of aliphatic imine (C=N–C) groups is 2. The highest BCUT2D eigenvalue weighted by Crippen LogP contribution is 2.31. The summed E-state index contributed by atoms with van der Waals surface area (Å²) in [6, 6.07) is 2.05. The largest absolute Gasteiger partial charge is 0.416 e. The van der Waals surface area contributed by atoms with Crippen molar-refractivity contribution in [2.45, 2.75) is 6.18 Å². The van der Waals surface area contributed by atoms with Crippen LogP contribution in [0.5, 0.6) is 0 Å². The Labute approximate surface area is 99.2 Å². The van der Waals surface area contributed by atoms with Crippen LogP contribution >= 0.6 is 0 Å². The second-order valence-corrected chi connectivity index (χ2v) is 3.56. The Bertz CT molecular complexity index is 533. The quantitative estimate of drug-likeness (QED) is 0.758. The zero-order chi connectivity index (χ0) is 13.3. The fourth-order valence-corrected chi connectivity index (χ4v) is 1.35. The first-order chi connectivity index (χ1) is 8.36. The van der Waals surface area contributed by atoms with E-state index in [1.165, 1.54) is 0 Å². The molecule has 0 unspecified atom stereocenters. The van der Waals surface area contributed by atoms with Gasteiger partial charge in [-0.05, 0) is 18.2 Å². The lowest BCUT2D eigenvalue weighted by molar-refractivity contribution is -0.137. The number of hydrogen-bond acceptors (Lipinski definition) is 4. The highest BCUT2D eigenvalue weighted by atomic mass is 19.4. The van der Waals surface area contributed by atoms with Crippen LogP contribution in [0, 0.1) is 5.82 Å². The Kier molecular flexibility index (Phi) is 2.93. The molecule has 0 saturated carbocycles. The maximum atomic E-state index is 13.3. The van der Waals surface area contributed by atoms with E-state index >= 15 is 0 Å². The van der Waals surface area contributed by atoms with E-state index in [1.54, 1.807) is 0 Å². The Balaban J connectivity index is 2.28. The zero-order valence-electron chi connectivity index (χ0n) is 8.92. The van der Waals surface area contributed by atoms with Crippen molar-refractivity contribution in [3.05, 3.63) is 29.6 Å². The fourth-order valence-electron chi connectivity index (χ4n) is 1.35. The second-order valence-electron chi connectivity index (χ2n) is 3.56. The Morgan fingerprint density at radius 3 is 2.56 bits per heavy atom. The van der Waals surface area contributed by atoms with Gasteiger partial charge in [-0.15, -0.1) is 0 Å². The molecule has 1 aliphatic rings. The number of nitrogens with one attached hydrogen (secondary N) is 1. The van der Waals surface area contributed by atoms with Gasteiger partial charge in [0.15, 0.2) is 0 Å². The normalized spacial score (nSPS) is 15.3. The lowest BCUT2D eigenvalue weighted by Gasteiger charge is -2.10. The van der Waals surface area contributed by atoms with Gasteiger partial charge in [-0.1, -0.05) is 0 Å².